The van der Waals surface area contributed by atoms with E-state index < -0.39 is 18.0 Å². The van der Waals surface area contributed by atoms with Gasteiger partial charge in [-0.25, -0.2) is 0 Å². The average Bonchev–Trinajstić information content (AvgIpc) is 2.62. The van der Waals surface area contributed by atoms with Gasteiger partial charge < -0.3 is 15.3 Å². The van der Waals surface area contributed by atoms with E-state index in [-0.39, 0.29) is 23.8 Å². The Balaban J connectivity index is 3.91. The van der Waals surface area contributed by atoms with Crippen LogP contribution in [0.25, 0.3) is 0 Å². The summed E-state index contributed by atoms with van der Waals surface area (Å²) < 4.78 is 0. The zero-order valence-corrected chi connectivity index (χ0v) is 17.6. The zero-order valence-electron chi connectivity index (χ0n) is 16.8. The molecule has 0 aliphatic rings. The third-order valence-corrected chi connectivity index (χ3v) is 5.75. The third kappa shape index (κ3) is 18.1. The van der Waals surface area contributed by atoms with E-state index >= 15 is 0 Å². The highest BCUT2D eigenvalue weighted by Gasteiger charge is 2.19. The molecule has 0 bridgehead atoms. The van der Waals surface area contributed by atoms with Crippen molar-refractivity contribution in [2.24, 2.45) is 0 Å². The molecule has 5 nitrogen and oxygen atoms in total. The maximum absolute atomic E-state index is 10.7. The number of hydrogen-bond donors (Lipinski definition) is 3. The summed E-state index contributed by atoms with van der Waals surface area (Å²) in [6, 6.07) is 0. The lowest BCUT2D eigenvalue weighted by atomic mass is 10.1. The highest BCUT2D eigenvalue weighted by Crippen LogP contribution is 2.20. The average molecular weight is 403 g/mol. The zero-order chi connectivity index (χ0) is 20.3. The standard InChI is InChI=1S/C21H38O5S/c1-2-3-4-5-6-7-8-9-10-11-12-13-14-19(27-17-21(25)26)18(22)15-16-20(23)24/h13-14,18-19,22H,2-12,15-17H2,1H3,(H,23,24)(H,25,26)/b14-13-. The SMILES string of the molecule is CCCCCCCCCCCC/C=C\C(SCC(=O)O)C(O)CCC(=O)O. The molecule has 0 aliphatic heterocycles. The van der Waals surface area contributed by atoms with E-state index in [0.29, 0.717) is 0 Å². The molecule has 158 valence electrons. The predicted molar refractivity (Wildman–Crippen MR) is 112 cm³/mol. The molecular weight excluding hydrogens is 364 g/mol. The fourth-order valence-corrected chi connectivity index (χ4v) is 3.79. The summed E-state index contributed by atoms with van der Waals surface area (Å²) in [7, 11) is 0. The Kier molecular flexibility index (Phi) is 17.7. The van der Waals surface area contributed by atoms with Crippen molar-refractivity contribution < 1.29 is 24.9 Å². The first kappa shape index (κ1) is 26.0. The summed E-state index contributed by atoms with van der Waals surface area (Å²) in [4.78, 5) is 21.4. The number of aliphatic hydroxyl groups is 1. The van der Waals surface area contributed by atoms with Crippen molar-refractivity contribution in [3.8, 4) is 0 Å². The Morgan fingerprint density at radius 3 is 1.96 bits per heavy atom. The van der Waals surface area contributed by atoms with Crippen molar-refractivity contribution in [3.05, 3.63) is 12.2 Å². The van der Waals surface area contributed by atoms with Crippen molar-refractivity contribution in [3.63, 3.8) is 0 Å². The number of aliphatic carboxylic acids is 2. The largest absolute Gasteiger partial charge is 0.481 e. The van der Waals surface area contributed by atoms with Gasteiger partial charge in [0.1, 0.15) is 0 Å². The molecule has 0 fully saturated rings. The lowest BCUT2D eigenvalue weighted by Crippen LogP contribution is -2.23. The fourth-order valence-electron chi connectivity index (χ4n) is 2.88. The summed E-state index contributed by atoms with van der Waals surface area (Å²) in [6.45, 7) is 2.23. The van der Waals surface area contributed by atoms with Crippen molar-refractivity contribution in [1.82, 2.24) is 0 Å². The van der Waals surface area contributed by atoms with Gasteiger partial charge in [0.15, 0.2) is 0 Å². The number of carboxylic acid groups (broad SMARTS) is 2. The quantitative estimate of drug-likeness (QED) is 0.201. The van der Waals surface area contributed by atoms with E-state index in [4.69, 9.17) is 10.2 Å². The third-order valence-electron chi connectivity index (χ3n) is 4.48. The second kappa shape index (κ2) is 18.4. The lowest BCUT2D eigenvalue weighted by molar-refractivity contribution is -0.137. The Bertz CT molecular complexity index is 411. The first-order valence-corrected chi connectivity index (χ1v) is 11.4. The predicted octanol–water partition coefficient (Wildman–Crippen LogP) is 5.27. The van der Waals surface area contributed by atoms with Crippen LogP contribution in [0.5, 0.6) is 0 Å². The van der Waals surface area contributed by atoms with Crippen LogP contribution >= 0.6 is 11.8 Å². The van der Waals surface area contributed by atoms with Crippen LogP contribution in [0.4, 0.5) is 0 Å². The van der Waals surface area contributed by atoms with Gasteiger partial charge in [-0.05, 0) is 19.3 Å². The highest BCUT2D eigenvalue weighted by molar-refractivity contribution is 8.00. The van der Waals surface area contributed by atoms with Crippen LogP contribution in [0.1, 0.15) is 90.4 Å². The number of thioether (sulfide) groups is 1. The number of carboxylic acids is 2. The second-order valence-electron chi connectivity index (χ2n) is 7.07. The first-order chi connectivity index (χ1) is 13.0. The molecule has 0 heterocycles. The van der Waals surface area contributed by atoms with Crippen LogP contribution in [0.3, 0.4) is 0 Å². The summed E-state index contributed by atoms with van der Waals surface area (Å²) in [5.41, 5.74) is 0. The summed E-state index contributed by atoms with van der Waals surface area (Å²) in [5, 5.41) is 27.3. The van der Waals surface area contributed by atoms with Gasteiger partial charge in [-0.2, -0.15) is 0 Å². The van der Waals surface area contributed by atoms with Gasteiger partial charge in [0.25, 0.3) is 0 Å². The molecule has 0 aromatic carbocycles. The van der Waals surface area contributed by atoms with Gasteiger partial charge in [0, 0.05) is 11.7 Å². The van der Waals surface area contributed by atoms with Crippen LogP contribution in [-0.4, -0.2) is 44.4 Å². The molecule has 0 spiro atoms. The minimum absolute atomic E-state index is 0.0998. The van der Waals surface area contributed by atoms with Crippen molar-refractivity contribution in [2.45, 2.75) is 102 Å². The van der Waals surface area contributed by atoms with Gasteiger partial charge in [-0.3, -0.25) is 9.59 Å². The molecule has 0 saturated carbocycles. The molecule has 0 saturated heterocycles. The number of aliphatic hydroxyl groups excluding tert-OH is 1. The van der Waals surface area contributed by atoms with Crippen LogP contribution in [-0.2, 0) is 9.59 Å². The van der Waals surface area contributed by atoms with Crippen LogP contribution in [0.15, 0.2) is 12.2 Å². The fraction of sp³-hybridized carbons (Fsp3) is 0.810. The molecule has 6 heteroatoms. The molecule has 0 aromatic heterocycles. The summed E-state index contributed by atoms with van der Waals surface area (Å²) in [5.74, 6) is -1.99. The molecule has 2 atom stereocenters. The normalized spacial score (nSPS) is 13.7. The van der Waals surface area contributed by atoms with Crippen molar-refractivity contribution in [2.75, 3.05) is 5.75 Å². The summed E-state index contributed by atoms with van der Waals surface area (Å²) in [6.07, 6.45) is 16.8. The van der Waals surface area contributed by atoms with E-state index in [9.17, 15) is 14.7 Å². The van der Waals surface area contributed by atoms with Gasteiger partial charge in [0.05, 0.1) is 11.9 Å². The maximum atomic E-state index is 10.7. The number of hydrogen-bond acceptors (Lipinski definition) is 4. The maximum Gasteiger partial charge on any atom is 0.313 e. The minimum Gasteiger partial charge on any atom is -0.481 e. The number of carbonyl (C=O) groups is 2. The molecule has 27 heavy (non-hydrogen) atoms. The Morgan fingerprint density at radius 1 is 0.889 bits per heavy atom. The van der Waals surface area contributed by atoms with Crippen molar-refractivity contribution in [1.29, 1.82) is 0 Å². The van der Waals surface area contributed by atoms with Gasteiger partial charge in [-0.1, -0.05) is 76.9 Å². The van der Waals surface area contributed by atoms with E-state index in [2.05, 4.69) is 6.92 Å². The number of allylic oxidation sites excluding steroid dienone is 1. The van der Waals surface area contributed by atoms with Gasteiger partial charge in [0.2, 0.25) is 0 Å². The number of unbranched alkanes of at least 4 members (excludes halogenated alkanes) is 10. The monoisotopic (exact) mass is 402 g/mol. The van der Waals surface area contributed by atoms with Crippen LogP contribution in [0, 0.1) is 0 Å². The minimum atomic E-state index is -0.953. The van der Waals surface area contributed by atoms with E-state index in [1.807, 2.05) is 12.2 Å². The topological polar surface area (TPSA) is 94.8 Å². The van der Waals surface area contributed by atoms with Crippen molar-refractivity contribution >= 4 is 23.7 Å². The molecule has 0 radical (unpaired) electrons. The van der Waals surface area contributed by atoms with E-state index in [0.717, 1.165) is 24.6 Å². The van der Waals surface area contributed by atoms with Gasteiger partial charge >= 0.3 is 11.9 Å². The molecule has 2 unspecified atom stereocenters. The lowest BCUT2D eigenvalue weighted by Gasteiger charge is -2.18. The molecule has 0 aliphatic carbocycles. The smallest absolute Gasteiger partial charge is 0.313 e. The molecule has 0 aromatic rings. The highest BCUT2D eigenvalue weighted by atomic mass is 32.2. The summed E-state index contributed by atoms with van der Waals surface area (Å²) >= 11 is 1.14. The van der Waals surface area contributed by atoms with E-state index in [1.54, 1.807) is 0 Å². The molecule has 3 N–H and O–H groups in total. The van der Waals surface area contributed by atoms with Crippen LogP contribution in [0.2, 0.25) is 0 Å². The Hall–Kier alpha value is -1.01. The molecule has 0 rings (SSSR count). The number of rotatable bonds is 19. The molecule has 0 amide bonds. The second-order valence-corrected chi connectivity index (χ2v) is 8.23. The molecular formula is C21H38O5S. The Labute approximate surface area is 168 Å². The van der Waals surface area contributed by atoms with Crippen LogP contribution < -0.4 is 0 Å². The Morgan fingerprint density at radius 2 is 1.44 bits per heavy atom. The van der Waals surface area contributed by atoms with E-state index in [1.165, 1.54) is 57.8 Å². The first-order valence-electron chi connectivity index (χ1n) is 10.4. The van der Waals surface area contributed by atoms with Gasteiger partial charge in [-0.15, -0.1) is 11.8 Å².